The molecule has 0 aliphatic carbocycles. The minimum absolute atomic E-state index is 0.00870. The third-order valence-electron chi connectivity index (χ3n) is 3.13. The summed E-state index contributed by atoms with van der Waals surface area (Å²) in [7, 11) is 2.02. The number of rotatable bonds is 4. The molecule has 19 heavy (non-hydrogen) atoms. The average Bonchev–Trinajstić information content (AvgIpc) is 2.92. The van der Waals surface area contributed by atoms with E-state index in [2.05, 4.69) is 22.4 Å². The molecule has 2 atom stereocenters. The molecule has 0 aliphatic rings. The van der Waals surface area contributed by atoms with E-state index in [0.717, 1.165) is 5.69 Å². The van der Waals surface area contributed by atoms with E-state index in [1.54, 1.807) is 11.3 Å². The summed E-state index contributed by atoms with van der Waals surface area (Å²) >= 11 is 1.71. The quantitative estimate of drug-likeness (QED) is 0.929. The molecule has 2 unspecified atom stereocenters. The highest BCUT2D eigenvalue weighted by Gasteiger charge is 2.22. The number of anilines is 1. The normalized spacial score (nSPS) is 13.6. The average molecular weight is 271 g/mol. The van der Waals surface area contributed by atoms with Crippen molar-refractivity contribution in [3.8, 4) is 6.07 Å². The number of thiophene rings is 1. The number of hydrogen-bond donors (Lipinski definition) is 1. The Hall–Kier alpha value is -1.83. The molecule has 2 aromatic rings. The molecule has 4 heteroatoms. The van der Waals surface area contributed by atoms with Gasteiger partial charge in [0, 0.05) is 23.7 Å². The molecule has 0 bridgehead atoms. The van der Waals surface area contributed by atoms with Gasteiger partial charge in [-0.15, -0.1) is 11.3 Å². The summed E-state index contributed by atoms with van der Waals surface area (Å²) in [4.78, 5) is 3.37. The predicted molar refractivity (Wildman–Crippen MR) is 80.3 cm³/mol. The van der Waals surface area contributed by atoms with Crippen molar-refractivity contribution in [2.24, 2.45) is 5.73 Å². The maximum Gasteiger partial charge on any atom is 0.0992 e. The van der Waals surface area contributed by atoms with Crippen LogP contribution in [0.25, 0.3) is 0 Å². The molecule has 0 saturated carbocycles. The van der Waals surface area contributed by atoms with Gasteiger partial charge in [-0.2, -0.15) is 5.26 Å². The van der Waals surface area contributed by atoms with Crippen LogP contribution in [0.1, 0.15) is 23.4 Å². The Morgan fingerprint density at radius 3 is 2.68 bits per heavy atom. The zero-order valence-corrected chi connectivity index (χ0v) is 11.9. The summed E-state index contributed by atoms with van der Waals surface area (Å²) in [6, 6.07) is 14.0. The van der Waals surface area contributed by atoms with E-state index in [0.29, 0.717) is 5.56 Å². The van der Waals surface area contributed by atoms with Crippen LogP contribution in [0.4, 0.5) is 5.69 Å². The molecule has 2 rings (SSSR count). The molecule has 3 nitrogen and oxygen atoms in total. The lowest BCUT2D eigenvalue weighted by molar-refractivity contribution is 0.566. The molecule has 1 aromatic carbocycles. The standard InChI is InChI=1S/C15H17N3S/c1-11(17)15(14-7-4-8-19-14)18(2)13-6-3-5-12(9-13)10-16/h3-9,11,15H,17H2,1-2H3. The van der Waals surface area contributed by atoms with Gasteiger partial charge in [-0.25, -0.2) is 0 Å². The Morgan fingerprint density at radius 1 is 1.32 bits per heavy atom. The van der Waals surface area contributed by atoms with Crippen molar-refractivity contribution in [2.45, 2.75) is 19.0 Å². The van der Waals surface area contributed by atoms with E-state index in [1.807, 2.05) is 44.3 Å². The maximum atomic E-state index is 8.98. The summed E-state index contributed by atoms with van der Waals surface area (Å²) in [6.45, 7) is 2.01. The largest absolute Gasteiger partial charge is 0.365 e. The van der Waals surface area contributed by atoms with Gasteiger partial charge >= 0.3 is 0 Å². The first-order valence-electron chi connectivity index (χ1n) is 6.15. The summed E-state index contributed by atoms with van der Waals surface area (Å²) in [5, 5.41) is 11.0. The van der Waals surface area contributed by atoms with Crippen LogP contribution in [0, 0.1) is 11.3 Å². The Balaban J connectivity index is 2.34. The summed E-state index contributed by atoms with van der Waals surface area (Å²) in [5.41, 5.74) is 7.81. The monoisotopic (exact) mass is 271 g/mol. The van der Waals surface area contributed by atoms with E-state index >= 15 is 0 Å². The second kappa shape index (κ2) is 5.87. The van der Waals surface area contributed by atoms with Crippen LogP contribution in [0.2, 0.25) is 0 Å². The molecular formula is C15H17N3S. The minimum atomic E-state index is 0.00870. The summed E-state index contributed by atoms with van der Waals surface area (Å²) in [6.07, 6.45) is 0. The summed E-state index contributed by atoms with van der Waals surface area (Å²) < 4.78 is 0. The van der Waals surface area contributed by atoms with E-state index < -0.39 is 0 Å². The lowest BCUT2D eigenvalue weighted by atomic mass is 10.1. The van der Waals surface area contributed by atoms with E-state index in [4.69, 9.17) is 11.0 Å². The summed E-state index contributed by atoms with van der Waals surface area (Å²) in [5.74, 6) is 0. The smallest absolute Gasteiger partial charge is 0.0992 e. The van der Waals surface area contributed by atoms with Crippen LogP contribution in [-0.2, 0) is 0 Å². The third-order valence-corrected chi connectivity index (χ3v) is 4.08. The van der Waals surface area contributed by atoms with Gasteiger partial charge in [-0.1, -0.05) is 12.1 Å². The van der Waals surface area contributed by atoms with Gasteiger partial charge in [0.2, 0.25) is 0 Å². The van der Waals surface area contributed by atoms with Gasteiger partial charge in [0.1, 0.15) is 0 Å². The molecule has 1 aromatic heterocycles. The van der Waals surface area contributed by atoms with Crippen molar-refractivity contribution in [1.29, 1.82) is 5.26 Å². The van der Waals surface area contributed by atoms with Gasteiger partial charge in [-0.05, 0) is 36.6 Å². The molecule has 0 radical (unpaired) electrons. The fourth-order valence-electron chi connectivity index (χ4n) is 2.22. The maximum absolute atomic E-state index is 8.98. The second-order valence-electron chi connectivity index (χ2n) is 4.59. The highest BCUT2D eigenvalue weighted by Crippen LogP contribution is 2.30. The number of likely N-dealkylation sites (N-methyl/N-ethyl adjacent to an activating group) is 1. The van der Waals surface area contributed by atoms with Crippen LogP contribution < -0.4 is 10.6 Å². The van der Waals surface area contributed by atoms with Crippen molar-refractivity contribution in [1.82, 2.24) is 0 Å². The molecule has 0 amide bonds. The van der Waals surface area contributed by atoms with Crippen LogP contribution in [-0.4, -0.2) is 13.1 Å². The zero-order valence-electron chi connectivity index (χ0n) is 11.1. The van der Waals surface area contributed by atoms with Gasteiger partial charge in [0.25, 0.3) is 0 Å². The zero-order chi connectivity index (χ0) is 13.8. The highest BCUT2D eigenvalue weighted by molar-refractivity contribution is 7.10. The Morgan fingerprint density at radius 2 is 2.11 bits per heavy atom. The third kappa shape index (κ3) is 2.95. The van der Waals surface area contributed by atoms with Gasteiger partial charge in [0.05, 0.1) is 17.7 Å². The van der Waals surface area contributed by atoms with Crippen molar-refractivity contribution < 1.29 is 0 Å². The van der Waals surface area contributed by atoms with E-state index in [-0.39, 0.29) is 12.1 Å². The molecule has 0 aliphatic heterocycles. The number of nitrogens with two attached hydrogens (primary N) is 1. The van der Waals surface area contributed by atoms with Crippen molar-refractivity contribution >= 4 is 17.0 Å². The van der Waals surface area contributed by atoms with Crippen molar-refractivity contribution in [3.05, 3.63) is 52.2 Å². The van der Waals surface area contributed by atoms with Crippen molar-refractivity contribution in [2.75, 3.05) is 11.9 Å². The van der Waals surface area contributed by atoms with E-state index in [9.17, 15) is 0 Å². The molecule has 0 saturated heterocycles. The Labute approximate surface area is 117 Å². The Bertz CT molecular complexity index is 569. The van der Waals surface area contributed by atoms with Crippen LogP contribution >= 0.6 is 11.3 Å². The Kier molecular flexibility index (Phi) is 4.20. The highest BCUT2D eigenvalue weighted by atomic mass is 32.1. The molecule has 2 N–H and O–H groups in total. The van der Waals surface area contributed by atoms with Crippen LogP contribution in [0.5, 0.6) is 0 Å². The van der Waals surface area contributed by atoms with E-state index in [1.165, 1.54) is 4.88 Å². The van der Waals surface area contributed by atoms with Gasteiger partial charge in [0.15, 0.2) is 0 Å². The SMILES string of the molecule is CC(N)C(c1cccs1)N(C)c1cccc(C#N)c1. The molecule has 0 fully saturated rings. The van der Waals surface area contributed by atoms with Gasteiger partial charge < -0.3 is 10.6 Å². The molecule has 1 heterocycles. The number of hydrogen-bond acceptors (Lipinski definition) is 4. The van der Waals surface area contributed by atoms with Crippen LogP contribution in [0.3, 0.4) is 0 Å². The molecule has 98 valence electrons. The number of nitrogens with zero attached hydrogens (tertiary/aromatic N) is 2. The first kappa shape index (κ1) is 13.6. The first-order chi connectivity index (χ1) is 9.13. The second-order valence-corrected chi connectivity index (χ2v) is 5.57. The number of nitriles is 1. The molecule has 0 spiro atoms. The first-order valence-corrected chi connectivity index (χ1v) is 7.03. The lowest BCUT2D eigenvalue weighted by Crippen LogP contribution is -2.36. The van der Waals surface area contributed by atoms with Gasteiger partial charge in [-0.3, -0.25) is 0 Å². The minimum Gasteiger partial charge on any atom is -0.365 e. The topological polar surface area (TPSA) is 53.0 Å². The number of benzene rings is 1. The predicted octanol–water partition coefficient (Wildman–Crippen LogP) is 3.14. The van der Waals surface area contributed by atoms with Crippen LogP contribution in [0.15, 0.2) is 41.8 Å². The fourth-order valence-corrected chi connectivity index (χ4v) is 3.20. The fraction of sp³-hybridized carbons (Fsp3) is 0.267. The van der Waals surface area contributed by atoms with Crippen molar-refractivity contribution in [3.63, 3.8) is 0 Å². The molecular weight excluding hydrogens is 254 g/mol. The lowest BCUT2D eigenvalue weighted by Gasteiger charge is -2.32.